The van der Waals surface area contributed by atoms with Crippen LogP contribution in [-0.4, -0.2) is 33.2 Å². The summed E-state index contributed by atoms with van der Waals surface area (Å²) in [6.07, 6.45) is 0. The topological polar surface area (TPSA) is 109 Å². The number of rotatable bonds is 4. The summed E-state index contributed by atoms with van der Waals surface area (Å²) in [7, 11) is 1.44. The smallest absolute Gasteiger partial charge is 0.322 e. The monoisotopic (exact) mass is 370 g/mol. The van der Waals surface area contributed by atoms with Crippen molar-refractivity contribution in [2.75, 3.05) is 6.54 Å². The van der Waals surface area contributed by atoms with Crippen LogP contribution in [0.1, 0.15) is 10.4 Å². The Morgan fingerprint density at radius 3 is 2.37 bits per heavy atom. The number of carbonyl (C=O) groups is 2. The largest absolute Gasteiger partial charge is 0.506 e. The fraction of sp³-hybridized carbons (Fsp3) is 0.105. The molecule has 0 fully saturated rings. The van der Waals surface area contributed by atoms with Crippen LogP contribution < -0.4 is 10.9 Å². The molecular weight excluding hydrogens is 355 g/mol. The van der Waals surface area contributed by atoms with Crippen molar-refractivity contribution in [1.29, 1.82) is 0 Å². The van der Waals surface area contributed by atoms with Gasteiger partial charge in [-0.3, -0.25) is 14.4 Å². The summed E-state index contributed by atoms with van der Waals surface area (Å²) in [4.78, 5) is 35.2. The molecule has 2 aromatic carbocycles. The highest BCUT2D eigenvalue weighted by molar-refractivity contribution is 6.03. The van der Waals surface area contributed by atoms with Crippen LogP contribution in [0.2, 0.25) is 0 Å². The van der Waals surface area contributed by atoms with E-state index in [2.05, 4.69) is 5.32 Å². The molecule has 3 rings (SSSR count). The molecule has 0 aliphatic rings. The van der Waals surface area contributed by atoms with E-state index in [-0.39, 0.29) is 11.2 Å². The number of aromatic hydroxyl groups is 1. The lowest BCUT2D eigenvalue weighted by Crippen LogP contribution is -2.35. The number of amides is 1. The molecule has 0 radical (unpaired) electrons. The number of carboxylic acids is 1. The number of aromatic nitrogens is 1. The number of fused-ring (bicyclic) bond motifs is 1. The van der Waals surface area contributed by atoms with E-state index in [0.29, 0.717) is 16.6 Å². The standard InChI is InChI=1S/C19H15FN2O5/c1-22-14-7-4-11(10-2-5-12(20)6-3-10)8-13(14)17(25)16(19(22)27)18(26)21-9-15(23)24/h2-8,25H,9H2,1H3,(H,21,26)(H,23,24). The van der Waals surface area contributed by atoms with Crippen molar-refractivity contribution in [2.45, 2.75) is 0 Å². The second-order valence-electron chi connectivity index (χ2n) is 5.90. The summed E-state index contributed by atoms with van der Waals surface area (Å²) in [6.45, 7) is -0.685. The summed E-state index contributed by atoms with van der Waals surface area (Å²) >= 11 is 0. The van der Waals surface area contributed by atoms with E-state index in [1.807, 2.05) is 0 Å². The van der Waals surface area contributed by atoms with Crippen LogP contribution in [0.25, 0.3) is 22.0 Å². The van der Waals surface area contributed by atoms with Crippen molar-refractivity contribution in [1.82, 2.24) is 9.88 Å². The van der Waals surface area contributed by atoms with E-state index in [1.165, 1.54) is 23.7 Å². The van der Waals surface area contributed by atoms with Gasteiger partial charge in [0, 0.05) is 12.4 Å². The number of aryl methyl sites for hydroxylation is 1. The SMILES string of the molecule is Cn1c(=O)c(C(=O)NCC(=O)O)c(O)c2cc(-c3ccc(F)cc3)ccc21. The Morgan fingerprint density at radius 1 is 1.11 bits per heavy atom. The van der Waals surface area contributed by atoms with Crippen LogP contribution in [0.3, 0.4) is 0 Å². The fourth-order valence-corrected chi connectivity index (χ4v) is 2.80. The van der Waals surface area contributed by atoms with E-state index >= 15 is 0 Å². The number of aliphatic carboxylic acids is 1. The molecule has 138 valence electrons. The number of carboxylic acid groups (broad SMARTS) is 1. The van der Waals surface area contributed by atoms with Gasteiger partial charge in [0.1, 0.15) is 23.7 Å². The van der Waals surface area contributed by atoms with Crippen LogP contribution in [0, 0.1) is 5.82 Å². The number of nitrogens with one attached hydrogen (secondary N) is 1. The van der Waals surface area contributed by atoms with Gasteiger partial charge in [0.25, 0.3) is 11.5 Å². The minimum atomic E-state index is -1.28. The van der Waals surface area contributed by atoms with Crippen molar-refractivity contribution in [3.63, 3.8) is 0 Å². The van der Waals surface area contributed by atoms with Crippen LogP contribution in [-0.2, 0) is 11.8 Å². The normalized spacial score (nSPS) is 10.7. The highest BCUT2D eigenvalue weighted by Gasteiger charge is 2.21. The highest BCUT2D eigenvalue weighted by atomic mass is 19.1. The molecule has 1 amide bonds. The molecule has 1 aromatic heterocycles. The third-order valence-corrected chi connectivity index (χ3v) is 4.17. The summed E-state index contributed by atoms with van der Waals surface area (Å²) in [6, 6.07) is 10.6. The number of halogens is 1. The lowest BCUT2D eigenvalue weighted by Gasteiger charge is -2.13. The molecule has 27 heavy (non-hydrogen) atoms. The number of pyridine rings is 1. The van der Waals surface area contributed by atoms with Crippen molar-refractivity contribution in [2.24, 2.45) is 7.05 Å². The van der Waals surface area contributed by atoms with Crippen molar-refractivity contribution >= 4 is 22.8 Å². The molecule has 0 atom stereocenters. The van der Waals surface area contributed by atoms with Gasteiger partial charge in [0.15, 0.2) is 0 Å². The van der Waals surface area contributed by atoms with Gasteiger partial charge in [-0.25, -0.2) is 4.39 Å². The first-order valence-electron chi connectivity index (χ1n) is 7.91. The minimum absolute atomic E-state index is 0.236. The number of hydrogen-bond acceptors (Lipinski definition) is 4. The lowest BCUT2D eigenvalue weighted by atomic mass is 10.0. The van der Waals surface area contributed by atoms with Gasteiger partial charge in [-0.05, 0) is 35.4 Å². The van der Waals surface area contributed by atoms with E-state index < -0.39 is 35.3 Å². The maximum atomic E-state index is 13.1. The maximum Gasteiger partial charge on any atom is 0.322 e. The van der Waals surface area contributed by atoms with Gasteiger partial charge < -0.3 is 20.1 Å². The number of nitrogens with zero attached hydrogens (tertiary/aromatic N) is 1. The molecule has 0 aliphatic carbocycles. The van der Waals surface area contributed by atoms with Gasteiger partial charge in [0.2, 0.25) is 0 Å². The molecule has 7 nitrogen and oxygen atoms in total. The van der Waals surface area contributed by atoms with Gasteiger partial charge in [0.05, 0.1) is 5.52 Å². The van der Waals surface area contributed by atoms with Crippen LogP contribution in [0.5, 0.6) is 5.75 Å². The predicted molar refractivity (Wildman–Crippen MR) is 96.2 cm³/mol. The number of carbonyl (C=O) groups excluding carboxylic acids is 1. The Bertz CT molecular complexity index is 1120. The zero-order valence-electron chi connectivity index (χ0n) is 14.2. The molecule has 0 aliphatic heterocycles. The lowest BCUT2D eigenvalue weighted by molar-refractivity contribution is -0.135. The fourth-order valence-electron chi connectivity index (χ4n) is 2.80. The number of benzene rings is 2. The average Bonchev–Trinajstić information content (AvgIpc) is 2.65. The van der Waals surface area contributed by atoms with Crippen molar-refractivity contribution in [3.8, 4) is 16.9 Å². The molecular formula is C19H15FN2O5. The van der Waals surface area contributed by atoms with Gasteiger partial charge >= 0.3 is 5.97 Å². The van der Waals surface area contributed by atoms with Crippen LogP contribution in [0.15, 0.2) is 47.3 Å². The predicted octanol–water partition coefficient (Wildman–Crippen LogP) is 1.86. The number of hydrogen-bond donors (Lipinski definition) is 3. The minimum Gasteiger partial charge on any atom is -0.506 e. The van der Waals surface area contributed by atoms with Crippen LogP contribution in [0.4, 0.5) is 4.39 Å². The van der Waals surface area contributed by atoms with Gasteiger partial charge in [-0.1, -0.05) is 18.2 Å². The van der Waals surface area contributed by atoms with Crippen LogP contribution >= 0.6 is 0 Å². The summed E-state index contributed by atoms with van der Waals surface area (Å²) < 4.78 is 14.3. The Kier molecular flexibility index (Phi) is 4.64. The third kappa shape index (κ3) is 3.37. The van der Waals surface area contributed by atoms with E-state index in [1.54, 1.807) is 30.3 Å². The Hall–Kier alpha value is -3.68. The third-order valence-electron chi connectivity index (χ3n) is 4.17. The van der Waals surface area contributed by atoms with E-state index in [4.69, 9.17) is 5.11 Å². The molecule has 0 saturated heterocycles. The first kappa shape index (κ1) is 18.1. The second kappa shape index (κ2) is 6.91. The molecule has 8 heteroatoms. The molecule has 0 bridgehead atoms. The molecule has 0 saturated carbocycles. The first-order chi connectivity index (χ1) is 12.8. The molecule has 0 spiro atoms. The Balaban J connectivity index is 2.18. The van der Waals surface area contributed by atoms with Crippen molar-refractivity contribution < 1.29 is 24.2 Å². The average molecular weight is 370 g/mol. The molecule has 3 aromatic rings. The molecule has 0 unspecified atom stereocenters. The maximum absolute atomic E-state index is 13.1. The van der Waals surface area contributed by atoms with Gasteiger partial charge in [-0.2, -0.15) is 0 Å². The molecule has 1 heterocycles. The summed E-state index contributed by atoms with van der Waals surface area (Å²) in [5.41, 5.74) is 0.426. The first-order valence-corrected chi connectivity index (χ1v) is 7.91. The van der Waals surface area contributed by atoms with Crippen molar-refractivity contribution in [3.05, 3.63) is 64.2 Å². The Morgan fingerprint density at radius 2 is 1.74 bits per heavy atom. The summed E-state index contributed by atoms with van der Waals surface area (Å²) in [5.74, 6) is -3.19. The second-order valence-corrected chi connectivity index (χ2v) is 5.90. The Labute approximate surface area is 152 Å². The summed E-state index contributed by atoms with van der Waals surface area (Å²) in [5, 5.41) is 21.5. The molecule has 3 N–H and O–H groups in total. The highest BCUT2D eigenvalue weighted by Crippen LogP contribution is 2.30. The van der Waals surface area contributed by atoms with E-state index in [0.717, 1.165) is 0 Å². The van der Waals surface area contributed by atoms with E-state index in [9.17, 15) is 23.9 Å². The quantitative estimate of drug-likeness (QED) is 0.650. The zero-order chi connectivity index (χ0) is 19.7. The van der Waals surface area contributed by atoms with Gasteiger partial charge in [-0.15, -0.1) is 0 Å². The zero-order valence-corrected chi connectivity index (χ0v) is 14.2.